The molecule has 98 valence electrons. The Labute approximate surface area is 107 Å². The van der Waals surface area contributed by atoms with Crippen molar-refractivity contribution in [3.63, 3.8) is 0 Å². The van der Waals surface area contributed by atoms with Crippen molar-refractivity contribution in [3.8, 4) is 5.75 Å². The van der Waals surface area contributed by atoms with Gasteiger partial charge in [0.2, 0.25) is 5.91 Å². The first-order valence-corrected chi connectivity index (χ1v) is 6.43. The van der Waals surface area contributed by atoms with Crippen LogP contribution in [0.5, 0.6) is 5.75 Å². The number of rotatable bonds is 3. The summed E-state index contributed by atoms with van der Waals surface area (Å²) in [7, 11) is 0. The van der Waals surface area contributed by atoms with Gasteiger partial charge in [0.1, 0.15) is 5.75 Å². The lowest BCUT2D eigenvalue weighted by Gasteiger charge is -2.26. The number of anilines is 1. The van der Waals surface area contributed by atoms with Crippen LogP contribution in [0, 0.1) is 6.92 Å². The topological polar surface area (TPSA) is 61.4 Å². The van der Waals surface area contributed by atoms with E-state index in [1.54, 1.807) is 18.2 Å². The molecule has 1 aliphatic heterocycles. The van der Waals surface area contributed by atoms with Crippen LogP contribution in [0.15, 0.2) is 18.2 Å². The molecule has 4 heteroatoms. The van der Waals surface area contributed by atoms with Gasteiger partial charge in [0, 0.05) is 5.69 Å². The van der Waals surface area contributed by atoms with Crippen LogP contribution >= 0.6 is 0 Å². The summed E-state index contributed by atoms with van der Waals surface area (Å²) in [6.07, 6.45) is 2.71. The van der Waals surface area contributed by atoms with Gasteiger partial charge in [-0.05, 0) is 56.5 Å². The lowest BCUT2D eigenvalue weighted by Crippen LogP contribution is -2.50. The van der Waals surface area contributed by atoms with Crippen molar-refractivity contribution in [1.82, 2.24) is 5.32 Å². The minimum absolute atomic E-state index is 0.0209. The molecule has 0 spiro atoms. The number of carbonyl (C=O) groups is 1. The van der Waals surface area contributed by atoms with Gasteiger partial charge >= 0.3 is 0 Å². The molecule has 1 aliphatic rings. The first-order chi connectivity index (χ1) is 8.57. The van der Waals surface area contributed by atoms with Gasteiger partial charge in [-0.15, -0.1) is 0 Å². The van der Waals surface area contributed by atoms with Crippen molar-refractivity contribution in [1.29, 1.82) is 0 Å². The molecule has 3 N–H and O–H groups in total. The number of benzene rings is 1. The fourth-order valence-electron chi connectivity index (χ4n) is 2.45. The monoisotopic (exact) mass is 248 g/mol. The van der Waals surface area contributed by atoms with Crippen molar-refractivity contribution < 1.29 is 9.90 Å². The molecule has 1 atom stereocenters. The maximum atomic E-state index is 12.3. The Kier molecular flexibility index (Phi) is 3.57. The molecule has 2 rings (SSSR count). The summed E-state index contributed by atoms with van der Waals surface area (Å²) in [5.74, 6) is 0.268. The third-order valence-electron chi connectivity index (χ3n) is 3.74. The minimum atomic E-state index is -0.425. The Balaban J connectivity index is 2.13. The lowest BCUT2D eigenvalue weighted by molar-refractivity contribution is -0.122. The molecule has 1 amide bonds. The molecule has 0 aromatic heterocycles. The fourth-order valence-corrected chi connectivity index (χ4v) is 2.45. The highest BCUT2D eigenvalue weighted by Crippen LogP contribution is 2.26. The summed E-state index contributed by atoms with van der Waals surface area (Å²) in [5, 5.41) is 15.7. The van der Waals surface area contributed by atoms with E-state index in [1.165, 1.54) is 0 Å². The second-order valence-electron chi connectivity index (χ2n) is 4.92. The number of amides is 1. The largest absolute Gasteiger partial charge is 0.508 e. The number of aromatic hydroxyl groups is 1. The average Bonchev–Trinajstić information content (AvgIpc) is 2.84. The van der Waals surface area contributed by atoms with Crippen LogP contribution in [0.1, 0.15) is 31.7 Å². The molecule has 0 saturated carbocycles. The van der Waals surface area contributed by atoms with Gasteiger partial charge in [0.15, 0.2) is 0 Å². The molecule has 1 unspecified atom stereocenters. The van der Waals surface area contributed by atoms with Gasteiger partial charge in [-0.1, -0.05) is 6.92 Å². The zero-order valence-corrected chi connectivity index (χ0v) is 10.9. The third kappa shape index (κ3) is 2.34. The molecule has 0 aliphatic carbocycles. The van der Waals surface area contributed by atoms with Gasteiger partial charge in [-0.25, -0.2) is 0 Å². The summed E-state index contributed by atoms with van der Waals surface area (Å²) in [5.41, 5.74) is 1.07. The van der Waals surface area contributed by atoms with Gasteiger partial charge in [-0.3, -0.25) is 4.79 Å². The second kappa shape index (κ2) is 4.98. The number of aryl methyl sites for hydroxylation is 1. The van der Waals surface area contributed by atoms with Crippen LogP contribution < -0.4 is 10.6 Å². The van der Waals surface area contributed by atoms with Crippen molar-refractivity contribution in [2.75, 3.05) is 11.9 Å². The molecular formula is C14H20N2O2. The number of hydrogen-bond donors (Lipinski definition) is 3. The zero-order chi connectivity index (χ0) is 13.2. The predicted octanol–water partition coefficient (Wildman–Crippen LogP) is 2.17. The predicted molar refractivity (Wildman–Crippen MR) is 71.7 cm³/mol. The van der Waals surface area contributed by atoms with Crippen LogP contribution in [0.2, 0.25) is 0 Å². The highest BCUT2D eigenvalue weighted by molar-refractivity contribution is 5.98. The first-order valence-electron chi connectivity index (χ1n) is 6.43. The molecule has 1 heterocycles. The van der Waals surface area contributed by atoms with Crippen molar-refractivity contribution in [3.05, 3.63) is 23.8 Å². The molecule has 1 saturated heterocycles. The van der Waals surface area contributed by atoms with E-state index in [4.69, 9.17) is 0 Å². The molecule has 0 radical (unpaired) electrons. The molecule has 18 heavy (non-hydrogen) atoms. The van der Waals surface area contributed by atoms with Gasteiger partial charge in [0.05, 0.1) is 5.54 Å². The number of phenols is 1. The second-order valence-corrected chi connectivity index (χ2v) is 4.92. The Morgan fingerprint density at radius 2 is 2.33 bits per heavy atom. The van der Waals surface area contributed by atoms with Crippen LogP contribution in [0.25, 0.3) is 0 Å². The maximum absolute atomic E-state index is 12.3. The van der Waals surface area contributed by atoms with E-state index in [0.29, 0.717) is 0 Å². The lowest BCUT2D eigenvalue weighted by atomic mass is 9.93. The number of nitrogens with one attached hydrogen (secondary N) is 2. The highest BCUT2D eigenvalue weighted by Gasteiger charge is 2.38. The maximum Gasteiger partial charge on any atom is 0.244 e. The zero-order valence-electron chi connectivity index (χ0n) is 10.9. The molecule has 4 nitrogen and oxygen atoms in total. The summed E-state index contributed by atoms with van der Waals surface area (Å²) in [4.78, 5) is 12.3. The van der Waals surface area contributed by atoms with Gasteiger partial charge in [-0.2, -0.15) is 0 Å². The Morgan fingerprint density at radius 1 is 1.56 bits per heavy atom. The van der Waals surface area contributed by atoms with E-state index in [1.807, 2.05) is 13.8 Å². The third-order valence-corrected chi connectivity index (χ3v) is 3.74. The van der Waals surface area contributed by atoms with Crippen LogP contribution in [0.4, 0.5) is 5.69 Å². The summed E-state index contributed by atoms with van der Waals surface area (Å²) >= 11 is 0. The van der Waals surface area contributed by atoms with Crippen molar-refractivity contribution in [2.45, 2.75) is 38.6 Å². The number of phenolic OH excluding ortho intramolecular Hbond substituents is 1. The van der Waals surface area contributed by atoms with E-state index in [0.717, 1.165) is 37.1 Å². The van der Waals surface area contributed by atoms with E-state index in [9.17, 15) is 9.90 Å². The van der Waals surface area contributed by atoms with Gasteiger partial charge in [0.25, 0.3) is 0 Å². The van der Waals surface area contributed by atoms with Crippen molar-refractivity contribution >= 4 is 11.6 Å². The SMILES string of the molecule is CCC1(C(=O)Nc2ccc(O)c(C)c2)CCCN1. The highest BCUT2D eigenvalue weighted by atomic mass is 16.3. The summed E-state index contributed by atoms with van der Waals surface area (Å²) < 4.78 is 0. The Morgan fingerprint density at radius 3 is 2.89 bits per heavy atom. The number of carbonyl (C=O) groups excluding carboxylic acids is 1. The molecule has 1 aromatic carbocycles. The molecule has 1 aromatic rings. The number of hydrogen-bond acceptors (Lipinski definition) is 3. The summed E-state index contributed by atoms with van der Waals surface area (Å²) in [6.45, 7) is 4.74. The first kappa shape index (κ1) is 12.9. The quantitative estimate of drug-likeness (QED) is 0.718. The Hall–Kier alpha value is -1.55. The average molecular weight is 248 g/mol. The Bertz CT molecular complexity index is 451. The van der Waals surface area contributed by atoms with E-state index in [2.05, 4.69) is 10.6 Å². The van der Waals surface area contributed by atoms with E-state index >= 15 is 0 Å². The van der Waals surface area contributed by atoms with Crippen LogP contribution in [0.3, 0.4) is 0 Å². The fraction of sp³-hybridized carbons (Fsp3) is 0.500. The van der Waals surface area contributed by atoms with E-state index < -0.39 is 5.54 Å². The van der Waals surface area contributed by atoms with Gasteiger partial charge < -0.3 is 15.7 Å². The minimum Gasteiger partial charge on any atom is -0.508 e. The molecular weight excluding hydrogens is 228 g/mol. The summed E-state index contributed by atoms with van der Waals surface area (Å²) in [6, 6.07) is 5.11. The van der Waals surface area contributed by atoms with E-state index in [-0.39, 0.29) is 11.7 Å². The molecule has 1 fully saturated rings. The smallest absolute Gasteiger partial charge is 0.244 e. The van der Waals surface area contributed by atoms with Crippen LogP contribution in [-0.4, -0.2) is 23.1 Å². The van der Waals surface area contributed by atoms with Crippen molar-refractivity contribution in [2.24, 2.45) is 0 Å². The standard InChI is InChI=1S/C14H20N2O2/c1-3-14(7-4-8-15-14)13(18)16-11-5-6-12(17)10(2)9-11/h5-6,9,15,17H,3-4,7-8H2,1-2H3,(H,16,18). The normalized spacial score (nSPS) is 23.0. The van der Waals surface area contributed by atoms with Crippen LogP contribution in [-0.2, 0) is 4.79 Å². The molecule has 0 bridgehead atoms.